The van der Waals surface area contributed by atoms with Crippen LogP contribution in [0.3, 0.4) is 0 Å². The molecule has 1 aromatic carbocycles. The summed E-state index contributed by atoms with van der Waals surface area (Å²) in [6.07, 6.45) is 3.09. The van der Waals surface area contributed by atoms with Crippen LogP contribution in [0.25, 0.3) is 0 Å². The van der Waals surface area contributed by atoms with Crippen molar-refractivity contribution in [3.05, 3.63) is 35.4 Å². The van der Waals surface area contributed by atoms with Crippen molar-refractivity contribution in [2.75, 3.05) is 6.54 Å². The van der Waals surface area contributed by atoms with Crippen molar-refractivity contribution in [3.8, 4) is 0 Å². The summed E-state index contributed by atoms with van der Waals surface area (Å²) in [6.45, 7) is 2.62. The molecule has 1 aromatic rings. The van der Waals surface area contributed by atoms with Crippen LogP contribution in [0.5, 0.6) is 0 Å². The molecule has 1 fully saturated rings. The summed E-state index contributed by atoms with van der Waals surface area (Å²) in [5, 5.41) is 9.87. The molecule has 0 spiro atoms. The van der Waals surface area contributed by atoms with E-state index in [0.717, 1.165) is 25.8 Å². The van der Waals surface area contributed by atoms with Gasteiger partial charge in [-0.2, -0.15) is 0 Å². The van der Waals surface area contributed by atoms with Crippen molar-refractivity contribution in [1.82, 2.24) is 5.32 Å². The summed E-state index contributed by atoms with van der Waals surface area (Å²) in [7, 11) is 0. The van der Waals surface area contributed by atoms with Gasteiger partial charge in [0.25, 0.3) is 6.47 Å². The van der Waals surface area contributed by atoms with Gasteiger partial charge in [0, 0.05) is 12.5 Å². The molecule has 2 rings (SSSR count). The predicted octanol–water partition coefficient (Wildman–Crippen LogP) is 1.76. The number of hydrogen-bond donors (Lipinski definition) is 2. The number of carbonyl (C=O) groups excluding carboxylic acids is 1. The minimum absolute atomic E-state index is 0.239. The highest BCUT2D eigenvalue weighted by molar-refractivity contribution is 5.80. The number of benzene rings is 1. The van der Waals surface area contributed by atoms with Crippen LogP contribution in [0.4, 0.5) is 0 Å². The Labute approximate surface area is 107 Å². The highest BCUT2D eigenvalue weighted by Gasteiger charge is 2.28. The Morgan fingerprint density at radius 1 is 1.44 bits per heavy atom. The van der Waals surface area contributed by atoms with E-state index in [2.05, 4.69) is 24.4 Å². The molecular formula is C14H19NO3. The monoisotopic (exact) mass is 249 g/mol. The molecule has 0 aliphatic heterocycles. The zero-order valence-corrected chi connectivity index (χ0v) is 10.6. The van der Waals surface area contributed by atoms with Crippen LogP contribution < -0.4 is 5.32 Å². The molecule has 4 nitrogen and oxygen atoms in total. The number of nitrogens with one attached hydrogen (secondary N) is 1. The van der Waals surface area contributed by atoms with Crippen LogP contribution in [-0.2, 0) is 16.0 Å². The third-order valence-corrected chi connectivity index (χ3v) is 2.90. The number of hydrogen-bond acceptors (Lipinski definition) is 2. The zero-order valence-electron chi connectivity index (χ0n) is 10.6. The van der Waals surface area contributed by atoms with E-state index < -0.39 is 0 Å². The average molecular weight is 249 g/mol. The van der Waals surface area contributed by atoms with E-state index in [1.165, 1.54) is 11.1 Å². The van der Waals surface area contributed by atoms with Crippen LogP contribution in [0.2, 0.25) is 0 Å². The molecule has 4 heteroatoms. The van der Waals surface area contributed by atoms with Crippen molar-refractivity contribution in [3.63, 3.8) is 0 Å². The number of carbonyl (C=O) groups is 2. The fourth-order valence-electron chi connectivity index (χ4n) is 1.70. The summed E-state index contributed by atoms with van der Waals surface area (Å²) in [4.78, 5) is 19.7. The van der Waals surface area contributed by atoms with Gasteiger partial charge in [-0.3, -0.25) is 9.59 Å². The summed E-state index contributed by atoms with van der Waals surface area (Å²) in [6, 6.07) is 8.32. The third-order valence-electron chi connectivity index (χ3n) is 2.90. The van der Waals surface area contributed by atoms with Crippen LogP contribution in [0, 0.1) is 12.8 Å². The zero-order chi connectivity index (χ0) is 13.4. The van der Waals surface area contributed by atoms with E-state index in [9.17, 15) is 4.79 Å². The topological polar surface area (TPSA) is 66.4 Å². The first-order chi connectivity index (χ1) is 8.69. The molecule has 1 aliphatic rings. The molecule has 0 radical (unpaired) electrons. The van der Waals surface area contributed by atoms with Gasteiger partial charge in [0.15, 0.2) is 0 Å². The number of amides is 1. The van der Waals surface area contributed by atoms with E-state index in [0.29, 0.717) is 5.92 Å². The maximum Gasteiger partial charge on any atom is 0.290 e. The lowest BCUT2D eigenvalue weighted by Crippen LogP contribution is -2.27. The first kappa shape index (κ1) is 14.2. The molecule has 0 atom stereocenters. The SMILES string of the molecule is Cc1ccccc1CCNC(=O)C1CC1.O=CO. The Kier molecular flexibility index (Phi) is 5.91. The van der Waals surface area contributed by atoms with Crippen LogP contribution in [0.1, 0.15) is 24.0 Å². The van der Waals surface area contributed by atoms with Gasteiger partial charge in [-0.1, -0.05) is 24.3 Å². The number of carboxylic acid groups (broad SMARTS) is 1. The third kappa shape index (κ3) is 4.99. The molecule has 1 saturated carbocycles. The molecule has 1 amide bonds. The molecule has 0 saturated heterocycles. The van der Waals surface area contributed by atoms with E-state index >= 15 is 0 Å². The Balaban J connectivity index is 0.000000492. The maximum absolute atomic E-state index is 11.4. The summed E-state index contributed by atoms with van der Waals surface area (Å²) in [5.41, 5.74) is 2.63. The van der Waals surface area contributed by atoms with E-state index in [4.69, 9.17) is 9.90 Å². The van der Waals surface area contributed by atoms with Crippen molar-refractivity contribution in [2.45, 2.75) is 26.2 Å². The second-order valence-corrected chi connectivity index (χ2v) is 4.35. The second kappa shape index (κ2) is 7.48. The van der Waals surface area contributed by atoms with Gasteiger partial charge in [0.05, 0.1) is 0 Å². The molecule has 18 heavy (non-hydrogen) atoms. The summed E-state index contributed by atoms with van der Waals surface area (Å²) >= 11 is 0. The lowest BCUT2D eigenvalue weighted by atomic mass is 10.1. The predicted molar refractivity (Wildman–Crippen MR) is 69.3 cm³/mol. The van der Waals surface area contributed by atoms with Crippen molar-refractivity contribution >= 4 is 12.4 Å². The standard InChI is InChI=1S/C13H17NO.CH2O2/c1-10-4-2-3-5-11(10)8-9-14-13(15)12-6-7-12;2-1-3/h2-5,12H,6-9H2,1H3,(H,14,15);1H,(H,2,3). The smallest absolute Gasteiger partial charge is 0.290 e. The molecule has 2 N–H and O–H groups in total. The first-order valence-electron chi connectivity index (χ1n) is 6.09. The molecular weight excluding hydrogens is 230 g/mol. The molecule has 1 aliphatic carbocycles. The summed E-state index contributed by atoms with van der Waals surface area (Å²) in [5.74, 6) is 0.561. The summed E-state index contributed by atoms with van der Waals surface area (Å²) < 4.78 is 0. The van der Waals surface area contributed by atoms with Gasteiger partial charge in [-0.15, -0.1) is 0 Å². The second-order valence-electron chi connectivity index (χ2n) is 4.35. The Morgan fingerprint density at radius 3 is 2.61 bits per heavy atom. The number of rotatable bonds is 4. The van der Waals surface area contributed by atoms with Crippen molar-refractivity contribution in [2.24, 2.45) is 5.92 Å². The Bertz CT molecular complexity index is 400. The van der Waals surface area contributed by atoms with Crippen molar-refractivity contribution in [1.29, 1.82) is 0 Å². The molecule has 0 aromatic heterocycles. The Morgan fingerprint density at radius 2 is 2.06 bits per heavy atom. The van der Waals surface area contributed by atoms with Gasteiger partial charge < -0.3 is 10.4 Å². The fourth-order valence-corrected chi connectivity index (χ4v) is 1.70. The van der Waals surface area contributed by atoms with Crippen LogP contribution >= 0.6 is 0 Å². The van der Waals surface area contributed by atoms with Gasteiger partial charge >= 0.3 is 0 Å². The van der Waals surface area contributed by atoms with Gasteiger partial charge in [0.1, 0.15) is 0 Å². The molecule has 0 bridgehead atoms. The van der Waals surface area contributed by atoms with Crippen molar-refractivity contribution < 1.29 is 14.7 Å². The molecule has 98 valence electrons. The van der Waals surface area contributed by atoms with Gasteiger partial charge in [-0.25, -0.2) is 0 Å². The van der Waals surface area contributed by atoms with E-state index in [1.54, 1.807) is 0 Å². The highest BCUT2D eigenvalue weighted by Crippen LogP contribution is 2.28. The Hall–Kier alpha value is -1.84. The van der Waals surface area contributed by atoms with E-state index in [1.807, 2.05) is 12.1 Å². The lowest BCUT2D eigenvalue weighted by Gasteiger charge is -2.06. The molecule has 0 unspecified atom stereocenters. The maximum atomic E-state index is 11.4. The largest absolute Gasteiger partial charge is 0.483 e. The van der Waals surface area contributed by atoms with Crippen LogP contribution in [0.15, 0.2) is 24.3 Å². The lowest BCUT2D eigenvalue weighted by molar-refractivity contribution is -0.123. The average Bonchev–Trinajstić information content (AvgIpc) is 3.16. The highest BCUT2D eigenvalue weighted by atomic mass is 16.3. The normalized spacial score (nSPS) is 13.2. The molecule has 0 heterocycles. The van der Waals surface area contributed by atoms with E-state index in [-0.39, 0.29) is 12.4 Å². The minimum atomic E-state index is -0.250. The van der Waals surface area contributed by atoms with Gasteiger partial charge in [-0.05, 0) is 37.3 Å². The number of aryl methyl sites for hydroxylation is 1. The fraction of sp³-hybridized carbons (Fsp3) is 0.429. The quantitative estimate of drug-likeness (QED) is 0.799. The first-order valence-corrected chi connectivity index (χ1v) is 6.09. The van der Waals surface area contributed by atoms with Gasteiger partial charge in [0.2, 0.25) is 5.91 Å². The minimum Gasteiger partial charge on any atom is -0.483 e. The van der Waals surface area contributed by atoms with Crippen LogP contribution in [-0.4, -0.2) is 24.0 Å².